The van der Waals surface area contributed by atoms with Crippen molar-refractivity contribution in [3.05, 3.63) is 0 Å². The minimum absolute atomic E-state index is 0.237. The van der Waals surface area contributed by atoms with Crippen LogP contribution in [0.1, 0.15) is 45.4 Å². The van der Waals surface area contributed by atoms with Crippen LogP contribution in [0.3, 0.4) is 0 Å². The van der Waals surface area contributed by atoms with Crippen LogP contribution in [0.25, 0.3) is 0 Å². The fourth-order valence-electron chi connectivity index (χ4n) is 2.91. The zero-order chi connectivity index (χ0) is 12.3. The molecule has 0 amide bonds. The van der Waals surface area contributed by atoms with Crippen LogP contribution in [0.5, 0.6) is 0 Å². The van der Waals surface area contributed by atoms with Gasteiger partial charge in [0.1, 0.15) is 5.54 Å². The number of hydrogen-bond acceptors (Lipinski definition) is 3. The highest BCUT2D eigenvalue weighted by Crippen LogP contribution is 2.29. The lowest BCUT2D eigenvalue weighted by atomic mass is 9.88. The van der Waals surface area contributed by atoms with Crippen LogP contribution < -0.4 is 0 Å². The van der Waals surface area contributed by atoms with E-state index in [1.807, 2.05) is 6.92 Å². The van der Waals surface area contributed by atoms with E-state index in [0.29, 0.717) is 0 Å². The number of aliphatic carboxylic acids is 1. The predicted molar refractivity (Wildman–Crippen MR) is 65.1 cm³/mol. The van der Waals surface area contributed by atoms with E-state index < -0.39 is 11.5 Å². The third kappa shape index (κ3) is 2.80. The van der Waals surface area contributed by atoms with Gasteiger partial charge >= 0.3 is 5.97 Å². The van der Waals surface area contributed by atoms with Gasteiger partial charge in [-0.1, -0.05) is 0 Å². The molecule has 4 nitrogen and oxygen atoms in total. The number of ether oxygens (including phenoxy) is 1. The van der Waals surface area contributed by atoms with Gasteiger partial charge in [-0.25, -0.2) is 0 Å². The standard InChI is InChI=1S/C13H23NO3/c1-13(12(15)16)7-3-4-8-14(13)10-11-6-2-5-9-17-11/h11H,2-10H2,1H3,(H,15,16). The van der Waals surface area contributed by atoms with Gasteiger partial charge in [0.25, 0.3) is 0 Å². The molecule has 0 bridgehead atoms. The maximum atomic E-state index is 11.4. The van der Waals surface area contributed by atoms with E-state index in [0.717, 1.165) is 51.8 Å². The van der Waals surface area contributed by atoms with E-state index in [9.17, 15) is 9.90 Å². The number of nitrogens with zero attached hydrogens (tertiary/aromatic N) is 1. The van der Waals surface area contributed by atoms with Gasteiger partial charge in [-0.2, -0.15) is 0 Å². The molecule has 0 aromatic rings. The number of hydrogen-bond donors (Lipinski definition) is 1. The highest BCUT2D eigenvalue weighted by Gasteiger charge is 2.42. The van der Waals surface area contributed by atoms with Crippen LogP contribution in [0, 0.1) is 0 Å². The number of piperidine rings is 1. The van der Waals surface area contributed by atoms with Crippen molar-refractivity contribution in [3.63, 3.8) is 0 Å². The lowest BCUT2D eigenvalue weighted by Crippen LogP contribution is -2.57. The first-order valence-electron chi connectivity index (χ1n) is 6.73. The van der Waals surface area contributed by atoms with Gasteiger partial charge in [-0.3, -0.25) is 9.69 Å². The third-order valence-electron chi connectivity index (χ3n) is 4.20. The molecule has 0 saturated carbocycles. The van der Waals surface area contributed by atoms with E-state index in [-0.39, 0.29) is 6.10 Å². The number of likely N-dealkylation sites (tertiary alicyclic amines) is 1. The highest BCUT2D eigenvalue weighted by molar-refractivity contribution is 5.78. The minimum Gasteiger partial charge on any atom is -0.480 e. The number of carboxylic acid groups (broad SMARTS) is 1. The SMILES string of the molecule is CC1(C(=O)O)CCCCN1CC1CCCCO1. The summed E-state index contributed by atoms with van der Waals surface area (Å²) in [4.78, 5) is 13.6. The number of carboxylic acids is 1. The van der Waals surface area contributed by atoms with E-state index in [2.05, 4.69) is 4.90 Å². The van der Waals surface area contributed by atoms with Crippen molar-refractivity contribution in [2.24, 2.45) is 0 Å². The molecule has 2 aliphatic heterocycles. The van der Waals surface area contributed by atoms with Gasteiger partial charge in [-0.15, -0.1) is 0 Å². The Kier molecular flexibility index (Phi) is 4.05. The minimum atomic E-state index is -0.687. The van der Waals surface area contributed by atoms with E-state index >= 15 is 0 Å². The summed E-state index contributed by atoms with van der Waals surface area (Å²) in [7, 11) is 0. The Balaban J connectivity index is 1.98. The van der Waals surface area contributed by atoms with Crippen molar-refractivity contribution in [2.75, 3.05) is 19.7 Å². The number of carbonyl (C=O) groups is 1. The summed E-state index contributed by atoms with van der Waals surface area (Å²) < 4.78 is 5.72. The Morgan fingerprint density at radius 1 is 1.41 bits per heavy atom. The lowest BCUT2D eigenvalue weighted by molar-refractivity contribution is -0.154. The van der Waals surface area contributed by atoms with Crippen molar-refractivity contribution < 1.29 is 14.6 Å². The van der Waals surface area contributed by atoms with Gasteiger partial charge in [0.15, 0.2) is 0 Å². The first-order valence-corrected chi connectivity index (χ1v) is 6.73. The lowest BCUT2D eigenvalue weighted by Gasteiger charge is -2.43. The summed E-state index contributed by atoms with van der Waals surface area (Å²) in [6.07, 6.45) is 6.55. The second-order valence-corrected chi connectivity index (χ2v) is 5.47. The van der Waals surface area contributed by atoms with Gasteiger partial charge in [0.05, 0.1) is 6.10 Å². The summed E-state index contributed by atoms with van der Waals surface area (Å²) in [5.74, 6) is -0.687. The van der Waals surface area contributed by atoms with Crippen LogP contribution in [0.15, 0.2) is 0 Å². The second-order valence-electron chi connectivity index (χ2n) is 5.47. The van der Waals surface area contributed by atoms with Crippen LogP contribution >= 0.6 is 0 Å². The van der Waals surface area contributed by atoms with Crippen molar-refractivity contribution in [1.82, 2.24) is 4.90 Å². The van der Waals surface area contributed by atoms with Gasteiger partial charge in [0.2, 0.25) is 0 Å². The molecule has 4 heteroatoms. The van der Waals surface area contributed by atoms with Crippen molar-refractivity contribution in [2.45, 2.75) is 57.1 Å². The van der Waals surface area contributed by atoms with Crippen molar-refractivity contribution in [1.29, 1.82) is 0 Å². The van der Waals surface area contributed by atoms with E-state index in [4.69, 9.17) is 4.74 Å². The Morgan fingerprint density at radius 2 is 2.24 bits per heavy atom. The van der Waals surface area contributed by atoms with Crippen LogP contribution in [0.4, 0.5) is 0 Å². The fraction of sp³-hybridized carbons (Fsp3) is 0.923. The summed E-state index contributed by atoms with van der Waals surface area (Å²) in [6.45, 7) is 4.37. The molecule has 2 unspecified atom stereocenters. The first-order chi connectivity index (χ1) is 8.13. The molecule has 0 aromatic heterocycles. The molecular formula is C13H23NO3. The van der Waals surface area contributed by atoms with Gasteiger partial charge in [-0.05, 0) is 52.0 Å². The Labute approximate surface area is 103 Å². The first kappa shape index (κ1) is 12.8. The normalized spacial score (nSPS) is 35.7. The molecule has 0 aliphatic carbocycles. The Bertz CT molecular complexity index is 276. The van der Waals surface area contributed by atoms with Gasteiger partial charge < -0.3 is 9.84 Å². The molecule has 0 radical (unpaired) electrons. The predicted octanol–water partition coefficient (Wildman–Crippen LogP) is 1.88. The van der Waals surface area contributed by atoms with E-state index in [1.54, 1.807) is 0 Å². The second kappa shape index (κ2) is 5.36. The molecule has 17 heavy (non-hydrogen) atoms. The quantitative estimate of drug-likeness (QED) is 0.819. The third-order valence-corrected chi connectivity index (χ3v) is 4.20. The Hall–Kier alpha value is -0.610. The highest BCUT2D eigenvalue weighted by atomic mass is 16.5. The summed E-state index contributed by atoms with van der Waals surface area (Å²) in [5, 5.41) is 9.41. The zero-order valence-electron chi connectivity index (χ0n) is 10.7. The molecule has 0 spiro atoms. The van der Waals surface area contributed by atoms with E-state index in [1.165, 1.54) is 6.42 Å². The average Bonchev–Trinajstić information content (AvgIpc) is 2.33. The van der Waals surface area contributed by atoms with Crippen molar-refractivity contribution >= 4 is 5.97 Å². The van der Waals surface area contributed by atoms with Crippen LogP contribution in [-0.4, -0.2) is 47.3 Å². The molecule has 0 aromatic carbocycles. The smallest absolute Gasteiger partial charge is 0.323 e. The van der Waals surface area contributed by atoms with Crippen LogP contribution in [0.2, 0.25) is 0 Å². The monoisotopic (exact) mass is 241 g/mol. The molecule has 2 rings (SSSR count). The topological polar surface area (TPSA) is 49.8 Å². The Morgan fingerprint density at radius 3 is 2.88 bits per heavy atom. The molecule has 2 atom stereocenters. The summed E-state index contributed by atoms with van der Waals surface area (Å²) in [5.41, 5.74) is -0.681. The average molecular weight is 241 g/mol. The largest absolute Gasteiger partial charge is 0.480 e. The summed E-state index contributed by atoms with van der Waals surface area (Å²) >= 11 is 0. The molecule has 98 valence electrons. The van der Waals surface area contributed by atoms with Crippen molar-refractivity contribution in [3.8, 4) is 0 Å². The van der Waals surface area contributed by atoms with Gasteiger partial charge in [0, 0.05) is 13.2 Å². The molecule has 1 N–H and O–H groups in total. The molecule has 2 fully saturated rings. The number of rotatable bonds is 3. The summed E-state index contributed by atoms with van der Waals surface area (Å²) in [6, 6.07) is 0. The molecular weight excluding hydrogens is 218 g/mol. The van der Waals surface area contributed by atoms with Crippen LogP contribution in [-0.2, 0) is 9.53 Å². The molecule has 2 aliphatic rings. The maximum Gasteiger partial charge on any atom is 0.323 e. The zero-order valence-corrected chi connectivity index (χ0v) is 10.7. The molecule has 2 saturated heterocycles. The maximum absolute atomic E-state index is 11.4. The molecule has 2 heterocycles. The fourth-order valence-corrected chi connectivity index (χ4v) is 2.91.